The van der Waals surface area contributed by atoms with Gasteiger partial charge < -0.3 is 14.7 Å². The van der Waals surface area contributed by atoms with Crippen LogP contribution in [0.4, 0.5) is 0 Å². The molecule has 0 saturated heterocycles. The van der Waals surface area contributed by atoms with Gasteiger partial charge in [-0.15, -0.1) is 0 Å². The van der Waals surface area contributed by atoms with Crippen LogP contribution in [0, 0.1) is 4.77 Å². The summed E-state index contributed by atoms with van der Waals surface area (Å²) in [5, 5.41) is 0. The maximum atomic E-state index is 5.43. The molecule has 0 fully saturated rings. The molecule has 2 aromatic rings. The molecule has 0 bridgehead atoms. The van der Waals surface area contributed by atoms with Crippen molar-refractivity contribution in [3.8, 4) is 5.75 Å². The van der Waals surface area contributed by atoms with Crippen LogP contribution in [-0.4, -0.2) is 16.6 Å². The van der Waals surface area contributed by atoms with Crippen LogP contribution in [0.1, 0.15) is 6.92 Å². The smallest absolute Gasteiger partial charge is 0.175 e. The van der Waals surface area contributed by atoms with Gasteiger partial charge in [0.1, 0.15) is 11.3 Å². The zero-order chi connectivity index (χ0) is 9.26. The van der Waals surface area contributed by atoms with Crippen LogP contribution >= 0.6 is 12.2 Å². The van der Waals surface area contributed by atoms with Gasteiger partial charge in [-0.25, -0.2) is 0 Å². The number of H-pyrrole nitrogens is 2. The maximum absolute atomic E-state index is 5.43. The van der Waals surface area contributed by atoms with Gasteiger partial charge >= 0.3 is 0 Å². The predicted octanol–water partition coefficient (Wildman–Crippen LogP) is 2.62. The first-order chi connectivity index (χ1) is 6.31. The molecular weight excluding hydrogens is 184 g/mol. The predicted molar refractivity (Wildman–Crippen MR) is 54.7 cm³/mol. The van der Waals surface area contributed by atoms with Crippen molar-refractivity contribution in [1.82, 2.24) is 9.97 Å². The van der Waals surface area contributed by atoms with Crippen LogP contribution in [0.5, 0.6) is 5.75 Å². The highest BCUT2D eigenvalue weighted by Crippen LogP contribution is 2.22. The Bertz CT molecular complexity index is 472. The third-order valence-corrected chi connectivity index (χ3v) is 2.02. The molecular formula is C9H10N2OS. The molecule has 0 aliphatic carbocycles. The van der Waals surface area contributed by atoms with E-state index in [1.54, 1.807) is 0 Å². The van der Waals surface area contributed by atoms with Crippen LogP contribution in [0.25, 0.3) is 11.0 Å². The van der Waals surface area contributed by atoms with Gasteiger partial charge in [-0.3, -0.25) is 0 Å². The van der Waals surface area contributed by atoms with Crippen LogP contribution in [0.15, 0.2) is 18.2 Å². The number of fused-ring (bicyclic) bond motifs is 1. The molecule has 68 valence electrons. The van der Waals surface area contributed by atoms with Crippen molar-refractivity contribution in [3.05, 3.63) is 23.0 Å². The van der Waals surface area contributed by atoms with E-state index in [0.717, 1.165) is 16.8 Å². The molecule has 1 aromatic heterocycles. The zero-order valence-corrected chi connectivity index (χ0v) is 8.07. The molecule has 1 heterocycles. The van der Waals surface area contributed by atoms with Crippen LogP contribution in [0.2, 0.25) is 0 Å². The van der Waals surface area contributed by atoms with Crippen LogP contribution in [0.3, 0.4) is 0 Å². The van der Waals surface area contributed by atoms with Crippen molar-refractivity contribution in [2.24, 2.45) is 0 Å². The number of rotatable bonds is 2. The molecule has 3 nitrogen and oxygen atoms in total. The molecule has 2 rings (SSSR count). The Morgan fingerprint density at radius 1 is 1.38 bits per heavy atom. The van der Waals surface area contributed by atoms with Gasteiger partial charge in [0.2, 0.25) is 0 Å². The summed E-state index contributed by atoms with van der Waals surface area (Å²) in [7, 11) is 0. The van der Waals surface area contributed by atoms with Gasteiger partial charge in [-0.2, -0.15) is 0 Å². The summed E-state index contributed by atoms with van der Waals surface area (Å²) in [5.74, 6) is 0.840. The molecule has 0 spiro atoms. The monoisotopic (exact) mass is 194 g/mol. The lowest BCUT2D eigenvalue weighted by Crippen LogP contribution is -1.91. The van der Waals surface area contributed by atoms with Gasteiger partial charge in [-0.05, 0) is 31.3 Å². The normalized spacial score (nSPS) is 10.5. The van der Waals surface area contributed by atoms with E-state index < -0.39 is 0 Å². The number of aromatic amines is 2. The second-order valence-electron chi connectivity index (χ2n) is 2.69. The highest BCUT2D eigenvalue weighted by atomic mass is 32.1. The van der Waals surface area contributed by atoms with Crippen molar-refractivity contribution in [2.45, 2.75) is 6.92 Å². The Labute approximate surface area is 80.7 Å². The SMILES string of the molecule is CCOc1cccc2[nH]c(=S)[nH]c12. The van der Waals surface area contributed by atoms with E-state index in [1.165, 1.54) is 0 Å². The number of imidazole rings is 1. The number of aromatic nitrogens is 2. The van der Waals surface area contributed by atoms with Crippen LogP contribution < -0.4 is 4.74 Å². The maximum Gasteiger partial charge on any atom is 0.175 e. The number of hydrogen-bond donors (Lipinski definition) is 2. The fourth-order valence-electron chi connectivity index (χ4n) is 1.31. The molecule has 13 heavy (non-hydrogen) atoms. The average Bonchev–Trinajstić information content (AvgIpc) is 2.47. The number of hydrogen-bond acceptors (Lipinski definition) is 2. The molecule has 0 aliphatic heterocycles. The Hall–Kier alpha value is -1.29. The molecule has 0 amide bonds. The van der Waals surface area contributed by atoms with Crippen molar-refractivity contribution in [2.75, 3.05) is 6.61 Å². The quantitative estimate of drug-likeness (QED) is 0.721. The minimum Gasteiger partial charge on any atom is -0.492 e. The van der Waals surface area contributed by atoms with E-state index in [2.05, 4.69) is 9.97 Å². The second kappa shape index (κ2) is 3.22. The topological polar surface area (TPSA) is 40.8 Å². The van der Waals surface area contributed by atoms with Crippen molar-refractivity contribution in [3.63, 3.8) is 0 Å². The van der Waals surface area contributed by atoms with Gasteiger partial charge in [0, 0.05) is 0 Å². The first kappa shape index (κ1) is 8.31. The van der Waals surface area contributed by atoms with E-state index in [1.807, 2.05) is 25.1 Å². The van der Waals surface area contributed by atoms with E-state index in [9.17, 15) is 0 Å². The Kier molecular flexibility index (Phi) is 2.06. The number of benzene rings is 1. The van der Waals surface area contributed by atoms with E-state index in [4.69, 9.17) is 17.0 Å². The highest BCUT2D eigenvalue weighted by Gasteiger charge is 2.02. The number of nitrogens with one attached hydrogen (secondary N) is 2. The summed E-state index contributed by atoms with van der Waals surface area (Å²) in [6, 6.07) is 5.82. The van der Waals surface area contributed by atoms with Crippen LogP contribution in [-0.2, 0) is 0 Å². The summed E-state index contributed by atoms with van der Waals surface area (Å²) in [6.45, 7) is 2.62. The van der Waals surface area contributed by atoms with Gasteiger partial charge in [0.25, 0.3) is 0 Å². The number of ether oxygens (including phenoxy) is 1. The molecule has 4 heteroatoms. The molecule has 0 aliphatic rings. The molecule has 1 aromatic carbocycles. The largest absolute Gasteiger partial charge is 0.492 e. The Morgan fingerprint density at radius 2 is 2.23 bits per heavy atom. The van der Waals surface area contributed by atoms with E-state index in [-0.39, 0.29) is 0 Å². The molecule has 0 unspecified atom stereocenters. The van der Waals surface area contributed by atoms with E-state index >= 15 is 0 Å². The minimum absolute atomic E-state index is 0.627. The fraction of sp³-hybridized carbons (Fsp3) is 0.222. The third-order valence-electron chi connectivity index (χ3n) is 1.81. The summed E-state index contributed by atoms with van der Waals surface area (Å²) < 4.78 is 6.06. The average molecular weight is 194 g/mol. The lowest BCUT2D eigenvalue weighted by atomic mass is 10.3. The first-order valence-corrected chi connectivity index (χ1v) is 4.56. The molecule has 2 N–H and O–H groups in total. The van der Waals surface area contributed by atoms with Gasteiger partial charge in [0.05, 0.1) is 12.1 Å². The van der Waals surface area contributed by atoms with E-state index in [0.29, 0.717) is 11.4 Å². The summed E-state index contributed by atoms with van der Waals surface area (Å²) in [5.41, 5.74) is 1.92. The van der Waals surface area contributed by atoms with Crippen molar-refractivity contribution >= 4 is 23.3 Å². The molecule has 0 saturated carbocycles. The first-order valence-electron chi connectivity index (χ1n) is 4.15. The Balaban J connectivity index is 2.67. The van der Waals surface area contributed by atoms with Crippen molar-refractivity contribution in [1.29, 1.82) is 0 Å². The van der Waals surface area contributed by atoms with Gasteiger partial charge in [-0.1, -0.05) is 6.07 Å². The van der Waals surface area contributed by atoms with Gasteiger partial charge in [0.15, 0.2) is 4.77 Å². The lowest BCUT2D eigenvalue weighted by Gasteiger charge is -2.02. The second-order valence-corrected chi connectivity index (χ2v) is 3.10. The Morgan fingerprint density at radius 3 is 3.00 bits per heavy atom. The summed E-state index contributed by atoms with van der Waals surface area (Å²) >= 11 is 4.99. The number of para-hydroxylation sites is 1. The summed E-state index contributed by atoms with van der Waals surface area (Å²) in [4.78, 5) is 6.08. The third kappa shape index (κ3) is 1.45. The lowest BCUT2D eigenvalue weighted by molar-refractivity contribution is 0.343. The zero-order valence-electron chi connectivity index (χ0n) is 7.26. The molecule has 0 atom stereocenters. The fourth-order valence-corrected chi connectivity index (χ4v) is 1.52. The minimum atomic E-state index is 0.627. The summed E-state index contributed by atoms with van der Waals surface area (Å²) in [6.07, 6.45) is 0. The highest BCUT2D eigenvalue weighted by molar-refractivity contribution is 7.71. The molecule has 0 radical (unpaired) electrons. The standard InChI is InChI=1S/C9H10N2OS/c1-2-12-7-5-3-4-6-8(7)11-9(13)10-6/h3-5H,2H2,1H3,(H2,10,11,13). The van der Waals surface area contributed by atoms with Crippen molar-refractivity contribution < 1.29 is 4.74 Å².